The summed E-state index contributed by atoms with van der Waals surface area (Å²) in [6.07, 6.45) is 4.82. The molecule has 1 saturated carbocycles. The van der Waals surface area contributed by atoms with Gasteiger partial charge in [-0.1, -0.05) is 30.9 Å². The molecule has 1 aliphatic carbocycles. The molecule has 2 amide bonds. The summed E-state index contributed by atoms with van der Waals surface area (Å²) < 4.78 is 0. The van der Waals surface area contributed by atoms with Crippen molar-refractivity contribution in [2.45, 2.75) is 45.1 Å². The summed E-state index contributed by atoms with van der Waals surface area (Å²) in [5.41, 5.74) is 1.36. The SMILES string of the molecule is Cc1cc(Cl)ccc1NC(=O)C(=O)NC1CCCCCC1CO. The minimum Gasteiger partial charge on any atom is -0.396 e. The topological polar surface area (TPSA) is 78.4 Å². The second-order valence-corrected chi connectivity index (χ2v) is 6.51. The summed E-state index contributed by atoms with van der Waals surface area (Å²) in [5.74, 6) is -1.34. The first-order valence-electron chi connectivity index (χ1n) is 8.00. The van der Waals surface area contributed by atoms with Crippen molar-refractivity contribution in [3.8, 4) is 0 Å². The summed E-state index contributed by atoms with van der Waals surface area (Å²) in [4.78, 5) is 24.2. The minimum atomic E-state index is -0.698. The van der Waals surface area contributed by atoms with Crippen LogP contribution in [0.1, 0.15) is 37.7 Å². The smallest absolute Gasteiger partial charge is 0.313 e. The number of hydrogen-bond acceptors (Lipinski definition) is 3. The largest absolute Gasteiger partial charge is 0.396 e. The minimum absolute atomic E-state index is 0.0199. The van der Waals surface area contributed by atoms with Crippen molar-refractivity contribution < 1.29 is 14.7 Å². The van der Waals surface area contributed by atoms with E-state index in [1.54, 1.807) is 18.2 Å². The monoisotopic (exact) mass is 338 g/mol. The van der Waals surface area contributed by atoms with E-state index in [1.807, 2.05) is 6.92 Å². The zero-order valence-electron chi connectivity index (χ0n) is 13.3. The van der Waals surface area contributed by atoms with Crippen LogP contribution in [0.25, 0.3) is 0 Å². The molecule has 2 rings (SSSR count). The van der Waals surface area contributed by atoms with Crippen molar-refractivity contribution in [2.24, 2.45) is 5.92 Å². The fraction of sp³-hybridized carbons (Fsp3) is 0.529. The normalized spacial score (nSPS) is 21.3. The zero-order chi connectivity index (χ0) is 16.8. The highest BCUT2D eigenvalue weighted by molar-refractivity contribution is 6.39. The summed E-state index contributed by atoms with van der Waals surface area (Å²) >= 11 is 5.88. The van der Waals surface area contributed by atoms with Gasteiger partial charge in [-0.15, -0.1) is 0 Å². The van der Waals surface area contributed by atoms with Gasteiger partial charge in [0.1, 0.15) is 0 Å². The molecule has 6 heteroatoms. The average Bonchev–Trinajstić information content (AvgIpc) is 2.74. The number of aliphatic hydroxyl groups excluding tert-OH is 1. The van der Waals surface area contributed by atoms with Gasteiger partial charge in [0.25, 0.3) is 0 Å². The van der Waals surface area contributed by atoms with Crippen LogP contribution in [0.2, 0.25) is 5.02 Å². The van der Waals surface area contributed by atoms with Crippen molar-refractivity contribution in [3.63, 3.8) is 0 Å². The van der Waals surface area contributed by atoms with Gasteiger partial charge in [-0.05, 0) is 43.5 Å². The number of carbonyl (C=O) groups excluding carboxylic acids is 2. The number of nitrogens with one attached hydrogen (secondary N) is 2. The molecule has 1 aliphatic rings. The van der Waals surface area contributed by atoms with E-state index in [-0.39, 0.29) is 18.6 Å². The molecule has 2 unspecified atom stereocenters. The van der Waals surface area contributed by atoms with E-state index in [0.29, 0.717) is 10.7 Å². The molecular formula is C17H23ClN2O3. The van der Waals surface area contributed by atoms with Gasteiger partial charge in [-0.25, -0.2) is 0 Å². The number of halogens is 1. The first-order chi connectivity index (χ1) is 11.0. The third-order valence-electron chi connectivity index (χ3n) is 4.35. The molecule has 2 atom stereocenters. The number of carbonyl (C=O) groups is 2. The van der Waals surface area contributed by atoms with Crippen LogP contribution >= 0.6 is 11.6 Å². The maximum absolute atomic E-state index is 12.1. The summed E-state index contributed by atoms with van der Waals surface area (Å²) in [6.45, 7) is 1.84. The Labute approximate surface area is 141 Å². The molecule has 0 saturated heterocycles. The Morgan fingerprint density at radius 2 is 1.96 bits per heavy atom. The van der Waals surface area contributed by atoms with Crippen molar-refractivity contribution in [2.75, 3.05) is 11.9 Å². The number of benzene rings is 1. The van der Waals surface area contributed by atoms with Gasteiger partial charge >= 0.3 is 11.8 Å². The van der Waals surface area contributed by atoms with Crippen LogP contribution < -0.4 is 10.6 Å². The third-order valence-corrected chi connectivity index (χ3v) is 4.59. The number of aliphatic hydroxyl groups is 1. The summed E-state index contributed by atoms with van der Waals surface area (Å²) in [7, 11) is 0. The molecule has 0 aromatic heterocycles. The van der Waals surface area contributed by atoms with Crippen LogP contribution in [0.5, 0.6) is 0 Å². The Bertz CT molecular complexity index is 577. The summed E-state index contributed by atoms with van der Waals surface area (Å²) in [5, 5.41) is 15.4. The first-order valence-corrected chi connectivity index (χ1v) is 8.38. The van der Waals surface area contributed by atoms with Gasteiger partial charge in [0.15, 0.2) is 0 Å². The van der Waals surface area contributed by atoms with E-state index in [1.165, 1.54) is 0 Å². The van der Waals surface area contributed by atoms with Gasteiger partial charge < -0.3 is 15.7 Å². The average molecular weight is 339 g/mol. The highest BCUT2D eigenvalue weighted by Crippen LogP contribution is 2.23. The Morgan fingerprint density at radius 1 is 1.22 bits per heavy atom. The van der Waals surface area contributed by atoms with Crippen LogP contribution in [0.15, 0.2) is 18.2 Å². The van der Waals surface area contributed by atoms with Crippen LogP contribution in [-0.4, -0.2) is 29.6 Å². The predicted octanol–water partition coefficient (Wildman–Crippen LogP) is 2.64. The standard InChI is InChI=1S/C17H23ClN2O3/c1-11-9-13(18)7-8-14(11)19-16(22)17(23)20-15-6-4-2-3-5-12(15)10-21/h7-9,12,15,21H,2-6,10H2,1H3,(H,19,22)(H,20,23). The Kier molecular flexibility index (Phi) is 6.42. The van der Waals surface area contributed by atoms with Crippen LogP contribution in [0.4, 0.5) is 5.69 Å². The van der Waals surface area contributed by atoms with Gasteiger partial charge in [-0.3, -0.25) is 9.59 Å². The fourth-order valence-corrected chi connectivity index (χ4v) is 3.20. The maximum atomic E-state index is 12.1. The number of hydrogen-bond donors (Lipinski definition) is 3. The lowest BCUT2D eigenvalue weighted by molar-refractivity contribution is -0.137. The summed E-state index contributed by atoms with van der Waals surface area (Å²) in [6, 6.07) is 4.91. The Morgan fingerprint density at radius 3 is 2.65 bits per heavy atom. The van der Waals surface area contributed by atoms with Crippen LogP contribution in [-0.2, 0) is 9.59 Å². The lowest BCUT2D eigenvalue weighted by Crippen LogP contribution is -2.45. The molecule has 23 heavy (non-hydrogen) atoms. The number of aryl methyl sites for hydroxylation is 1. The molecule has 0 radical (unpaired) electrons. The molecule has 0 bridgehead atoms. The van der Waals surface area contributed by atoms with E-state index in [2.05, 4.69) is 10.6 Å². The highest BCUT2D eigenvalue weighted by atomic mass is 35.5. The Balaban J connectivity index is 1.97. The molecule has 0 heterocycles. The van der Waals surface area contributed by atoms with E-state index >= 15 is 0 Å². The van der Waals surface area contributed by atoms with E-state index < -0.39 is 11.8 Å². The van der Waals surface area contributed by atoms with Gasteiger partial charge in [0, 0.05) is 29.3 Å². The molecule has 5 nitrogen and oxygen atoms in total. The molecule has 3 N–H and O–H groups in total. The number of anilines is 1. The molecule has 1 fully saturated rings. The second kappa shape index (κ2) is 8.31. The molecule has 1 aromatic carbocycles. The quantitative estimate of drug-likeness (QED) is 0.585. The predicted molar refractivity (Wildman–Crippen MR) is 90.4 cm³/mol. The first kappa shape index (κ1) is 17.8. The third kappa shape index (κ3) is 4.94. The van der Waals surface area contributed by atoms with Crippen LogP contribution in [0.3, 0.4) is 0 Å². The molecule has 126 valence electrons. The number of rotatable bonds is 3. The fourth-order valence-electron chi connectivity index (χ4n) is 2.97. The lowest BCUT2D eigenvalue weighted by Gasteiger charge is -2.24. The molecule has 0 aliphatic heterocycles. The number of amides is 2. The second-order valence-electron chi connectivity index (χ2n) is 6.07. The molecular weight excluding hydrogens is 316 g/mol. The van der Waals surface area contributed by atoms with Crippen molar-refractivity contribution in [1.82, 2.24) is 5.32 Å². The van der Waals surface area contributed by atoms with Gasteiger partial charge in [-0.2, -0.15) is 0 Å². The van der Waals surface area contributed by atoms with E-state index in [0.717, 1.165) is 37.7 Å². The lowest BCUT2D eigenvalue weighted by atomic mass is 9.95. The molecule has 1 aromatic rings. The van der Waals surface area contributed by atoms with Crippen molar-refractivity contribution in [1.29, 1.82) is 0 Å². The maximum Gasteiger partial charge on any atom is 0.313 e. The zero-order valence-corrected chi connectivity index (χ0v) is 14.0. The Hall–Kier alpha value is -1.59. The van der Waals surface area contributed by atoms with Gasteiger partial charge in [0.05, 0.1) is 0 Å². The van der Waals surface area contributed by atoms with Gasteiger partial charge in [0.2, 0.25) is 0 Å². The molecule has 0 spiro atoms. The van der Waals surface area contributed by atoms with Crippen molar-refractivity contribution in [3.05, 3.63) is 28.8 Å². The van der Waals surface area contributed by atoms with E-state index in [4.69, 9.17) is 11.6 Å². The van der Waals surface area contributed by atoms with E-state index in [9.17, 15) is 14.7 Å². The van der Waals surface area contributed by atoms with Crippen LogP contribution in [0, 0.1) is 12.8 Å². The highest BCUT2D eigenvalue weighted by Gasteiger charge is 2.26. The van der Waals surface area contributed by atoms with Crippen molar-refractivity contribution >= 4 is 29.1 Å².